The summed E-state index contributed by atoms with van der Waals surface area (Å²) in [6.07, 6.45) is 9.11. The highest BCUT2D eigenvalue weighted by atomic mass is 32.1. The van der Waals surface area contributed by atoms with Gasteiger partial charge in [0.1, 0.15) is 0 Å². The highest BCUT2D eigenvalue weighted by Crippen LogP contribution is 2.52. The third-order valence-electron chi connectivity index (χ3n) is 11.4. The fourth-order valence-corrected chi connectivity index (χ4v) is 11.3. The molecule has 268 valence electrons. The van der Waals surface area contributed by atoms with Crippen LogP contribution in [0.2, 0.25) is 0 Å². The first kappa shape index (κ1) is 32.5. The lowest BCUT2D eigenvalue weighted by molar-refractivity contribution is 0.745. The smallest absolute Gasteiger partial charge is 0.165 e. The maximum atomic E-state index is 5.26. The molecule has 0 saturated heterocycles. The van der Waals surface area contributed by atoms with Gasteiger partial charge < -0.3 is 4.90 Å². The lowest BCUT2D eigenvalue weighted by Gasteiger charge is -2.29. The largest absolute Gasteiger partial charge is 0.333 e. The molecule has 57 heavy (non-hydrogen) atoms. The van der Waals surface area contributed by atoms with Crippen molar-refractivity contribution in [1.29, 1.82) is 0 Å². The molecule has 0 amide bonds. The number of aromatic nitrogens is 3. The van der Waals surface area contributed by atoms with Gasteiger partial charge in [0.15, 0.2) is 17.5 Å². The molecule has 6 heteroatoms. The summed E-state index contributed by atoms with van der Waals surface area (Å²) >= 11 is 3.69. The first-order valence-electron chi connectivity index (χ1n) is 19.3. The summed E-state index contributed by atoms with van der Waals surface area (Å²) in [4.78, 5) is 18.1. The molecule has 0 N–H and O–H groups in total. The van der Waals surface area contributed by atoms with Crippen LogP contribution >= 0.6 is 22.7 Å². The Kier molecular flexibility index (Phi) is 7.37. The van der Waals surface area contributed by atoms with Crippen molar-refractivity contribution in [1.82, 2.24) is 15.0 Å². The van der Waals surface area contributed by atoms with Gasteiger partial charge in [-0.3, -0.25) is 0 Å². The van der Waals surface area contributed by atoms with Crippen LogP contribution in [0, 0.1) is 0 Å². The molecule has 0 spiro atoms. The minimum absolute atomic E-state index is 0.119. The number of allylic oxidation sites excluding steroid dienone is 2. The van der Waals surface area contributed by atoms with Crippen molar-refractivity contribution in [3.8, 4) is 45.3 Å². The van der Waals surface area contributed by atoms with Crippen LogP contribution in [0.15, 0.2) is 182 Å². The molecule has 2 aliphatic rings. The van der Waals surface area contributed by atoms with E-state index in [-0.39, 0.29) is 12.0 Å². The molecule has 10 aromatic rings. The first-order chi connectivity index (χ1) is 28.2. The number of thiophene rings is 2. The van der Waals surface area contributed by atoms with Crippen LogP contribution in [0.5, 0.6) is 0 Å². The molecule has 0 fully saturated rings. The number of anilines is 2. The van der Waals surface area contributed by atoms with E-state index in [2.05, 4.69) is 151 Å². The number of fused-ring (bicyclic) bond motifs is 9. The van der Waals surface area contributed by atoms with Crippen LogP contribution in [-0.4, -0.2) is 21.0 Å². The van der Waals surface area contributed by atoms with Gasteiger partial charge in [0, 0.05) is 74.3 Å². The minimum atomic E-state index is 0.119. The second kappa shape index (κ2) is 12.9. The predicted octanol–water partition coefficient (Wildman–Crippen LogP) is 14.0. The van der Waals surface area contributed by atoms with Crippen molar-refractivity contribution in [2.75, 3.05) is 4.90 Å². The maximum absolute atomic E-state index is 5.26. The van der Waals surface area contributed by atoms with E-state index in [0.717, 1.165) is 22.4 Å². The second-order valence-electron chi connectivity index (χ2n) is 14.7. The van der Waals surface area contributed by atoms with Crippen LogP contribution in [0.1, 0.15) is 11.5 Å². The molecule has 4 heterocycles. The Morgan fingerprint density at radius 2 is 1.04 bits per heavy atom. The Hall–Kier alpha value is -6.73. The maximum Gasteiger partial charge on any atom is 0.165 e. The van der Waals surface area contributed by atoms with E-state index in [1.54, 1.807) is 11.3 Å². The van der Waals surface area contributed by atoms with Crippen molar-refractivity contribution >= 4 is 74.4 Å². The van der Waals surface area contributed by atoms with Gasteiger partial charge in [-0.2, -0.15) is 0 Å². The zero-order chi connectivity index (χ0) is 37.5. The third-order valence-corrected chi connectivity index (χ3v) is 13.9. The van der Waals surface area contributed by atoms with Gasteiger partial charge in [-0.15, -0.1) is 22.7 Å². The van der Waals surface area contributed by atoms with E-state index in [9.17, 15) is 0 Å². The van der Waals surface area contributed by atoms with Gasteiger partial charge >= 0.3 is 0 Å². The molecule has 0 radical (unpaired) electrons. The van der Waals surface area contributed by atoms with E-state index in [1.165, 1.54) is 62.7 Å². The van der Waals surface area contributed by atoms with Crippen LogP contribution in [-0.2, 0) is 0 Å². The quantitative estimate of drug-likeness (QED) is 0.175. The normalized spacial score (nSPS) is 15.9. The molecule has 0 bridgehead atoms. The Morgan fingerprint density at radius 1 is 0.439 bits per heavy atom. The van der Waals surface area contributed by atoms with Crippen molar-refractivity contribution in [2.45, 2.75) is 12.0 Å². The molecule has 1 aliphatic heterocycles. The van der Waals surface area contributed by atoms with E-state index < -0.39 is 0 Å². The molecule has 7 aromatic carbocycles. The van der Waals surface area contributed by atoms with Gasteiger partial charge in [0.2, 0.25) is 0 Å². The third kappa shape index (κ3) is 5.22. The molecular weight excluding hydrogens is 733 g/mol. The number of hydrogen-bond acceptors (Lipinski definition) is 6. The molecule has 4 nitrogen and oxygen atoms in total. The average Bonchev–Trinajstić information content (AvgIpc) is 3.96. The molecular formula is C51H32N4S2. The highest BCUT2D eigenvalue weighted by molar-refractivity contribution is 7.26. The zero-order valence-electron chi connectivity index (χ0n) is 30.6. The number of benzene rings is 7. The van der Waals surface area contributed by atoms with Crippen LogP contribution in [0.3, 0.4) is 0 Å². The summed E-state index contributed by atoms with van der Waals surface area (Å²) in [5, 5.41) is 5.07. The first-order valence-corrected chi connectivity index (χ1v) is 20.9. The van der Waals surface area contributed by atoms with Gasteiger partial charge in [0.25, 0.3) is 0 Å². The van der Waals surface area contributed by atoms with Gasteiger partial charge in [-0.25, -0.2) is 15.0 Å². The van der Waals surface area contributed by atoms with Gasteiger partial charge in [-0.1, -0.05) is 152 Å². The standard InChI is InChI=1S/C51H32N4S2/c1-3-14-31(15-4-1)49-52-50(32-16-5-2-6-17-32)54-51(53-49)42-30-34(29-41-39-20-9-12-25-46(39)57-48(41)42)55-43-23-10-7-18-36(43)37-27-26-33(28-44(37)55)35-21-13-22-40-38-19-8-11-24-45(38)56-47(35)40/h1-30,36,43H. The fourth-order valence-electron chi connectivity index (χ4n) is 8.82. The van der Waals surface area contributed by atoms with Crippen LogP contribution in [0.4, 0.5) is 11.4 Å². The molecule has 1 aliphatic carbocycles. The number of hydrogen-bond donors (Lipinski definition) is 0. The summed E-state index contributed by atoms with van der Waals surface area (Å²) in [5.41, 5.74) is 9.10. The monoisotopic (exact) mass is 764 g/mol. The van der Waals surface area contributed by atoms with E-state index in [4.69, 9.17) is 15.0 Å². The summed E-state index contributed by atoms with van der Waals surface area (Å²) in [6.45, 7) is 0. The molecule has 2 unspecified atom stereocenters. The lowest BCUT2D eigenvalue weighted by Crippen LogP contribution is -2.28. The predicted molar refractivity (Wildman–Crippen MR) is 241 cm³/mol. The lowest BCUT2D eigenvalue weighted by atomic mass is 9.90. The van der Waals surface area contributed by atoms with Crippen molar-refractivity contribution < 1.29 is 0 Å². The molecule has 3 aromatic heterocycles. The SMILES string of the molecule is C1=CC2c3ccc(-c4cccc5c4sc4ccccc45)cc3N(c3cc(-c4nc(-c5ccccc5)nc(-c5ccccc5)n4)c4sc5ccccc5c4c3)C2C=C1. The highest BCUT2D eigenvalue weighted by Gasteiger charge is 2.38. The van der Waals surface area contributed by atoms with Gasteiger partial charge in [-0.05, 0) is 47.0 Å². The van der Waals surface area contributed by atoms with Crippen molar-refractivity contribution in [3.63, 3.8) is 0 Å². The fraction of sp³-hybridized carbons (Fsp3) is 0.0392. The van der Waals surface area contributed by atoms with Crippen LogP contribution in [0.25, 0.3) is 85.6 Å². The Bertz CT molecular complexity index is 3210. The number of nitrogens with zero attached hydrogens (tertiary/aromatic N) is 4. The summed E-state index contributed by atoms with van der Waals surface area (Å²) in [7, 11) is 0. The van der Waals surface area contributed by atoms with E-state index in [0.29, 0.717) is 17.5 Å². The minimum Gasteiger partial charge on any atom is -0.333 e. The molecule has 2 atom stereocenters. The molecule has 12 rings (SSSR count). The Balaban J connectivity index is 1.10. The van der Waals surface area contributed by atoms with Crippen molar-refractivity contribution in [3.05, 3.63) is 188 Å². The van der Waals surface area contributed by atoms with Crippen LogP contribution < -0.4 is 4.90 Å². The Labute approximate surface area is 337 Å². The van der Waals surface area contributed by atoms with Gasteiger partial charge in [0.05, 0.1) is 6.04 Å². The topological polar surface area (TPSA) is 41.9 Å². The summed E-state index contributed by atoms with van der Waals surface area (Å²) in [6, 6.07) is 56.7. The summed E-state index contributed by atoms with van der Waals surface area (Å²) in [5.74, 6) is 2.21. The van der Waals surface area contributed by atoms with E-state index in [1.807, 2.05) is 47.7 Å². The second-order valence-corrected chi connectivity index (χ2v) is 16.8. The number of rotatable bonds is 5. The average molecular weight is 765 g/mol. The molecule has 0 saturated carbocycles. The summed E-state index contributed by atoms with van der Waals surface area (Å²) < 4.78 is 5.05. The van der Waals surface area contributed by atoms with E-state index >= 15 is 0 Å². The zero-order valence-corrected chi connectivity index (χ0v) is 32.2. The Morgan fingerprint density at radius 3 is 1.75 bits per heavy atom. The van der Waals surface area contributed by atoms with Crippen molar-refractivity contribution in [2.24, 2.45) is 0 Å².